The number of aliphatic hydroxyl groups excluding tert-OH is 1. The van der Waals surface area contributed by atoms with E-state index in [-0.39, 0.29) is 17.3 Å². The van der Waals surface area contributed by atoms with Crippen molar-refractivity contribution in [3.63, 3.8) is 0 Å². The molecular formula is C13H14N2O3S. The largest absolute Gasteiger partial charge is 0.392 e. The highest BCUT2D eigenvalue weighted by molar-refractivity contribution is 7.92. The fraction of sp³-hybridized carbons (Fsp3) is 0.154. The van der Waals surface area contributed by atoms with Crippen LogP contribution in [0, 0.1) is 6.92 Å². The summed E-state index contributed by atoms with van der Waals surface area (Å²) in [5.41, 5.74) is 1.16. The first-order chi connectivity index (χ1) is 9.03. The summed E-state index contributed by atoms with van der Waals surface area (Å²) in [4.78, 5) is 4.07. The smallest absolute Gasteiger partial charge is 0.263 e. The predicted molar refractivity (Wildman–Crippen MR) is 72.1 cm³/mol. The number of nitrogens with zero attached hydrogens (tertiary/aromatic N) is 1. The maximum Gasteiger partial charge on any atom is 0.263 e. The summed E-state index contributed by atoms with van der Waals surface area (Å²) in [7, 11) is -3.70. The van der Waals surface area contributed by atoms with Gasteiger partial charge in [0.15, 0.2) is 0 Å². The van der Waals surface area contributed by atoms with Gasteiger partial charge in [-0.3, -0.25) is 4.72 Å². The van der Waals surface area contributed by atoms with Crippen LogP contribution in [0.3, 0.4) is 0 Å². The lowest BCUT2D eigenvalue weighted by atomic mass is 10.2. The lowest BCUT2D eigenvalue weighted by Gasteiger charge is -2.10. The molecule has 1 heterocycles. The third kappa shape index (κ3) is 3.10. The fourth-order valence-corrected chi connectivity index (χ4v) is 2.95. The Kier molecular flexibility index (Phi) is 3.82. The summed E-state index contributed by atoms with van der Waals surface area (Å²) in [5.74, 6) is 0.260. The highest BCUT2D eigenvalue weighted by Gasteiger charge is 2.17. The summed E-state index contributed by atoms with van der Waals surface area (Å²) in [6.45, 7) is 1.50. The van der Waals surface area contributed by atoms with Crippen LogP contribution in [-0.4, -0.2) is 18.5 Å². The van der Waals surface area contributed by atoms with Crippen molar-refractivity contribution < 1.29 is 13.5 Å². The average Bonchev–Trinajstić information content (AvgIpc) is 2.39. The minimum absolute atomic E-state index is 0.143. The molecule has 2 N–H and O–H groups in total. The molecule has 1 aromatic carbocycles. The molecule has 1 aromatic heterocycles. The number of aromatic nitrogens is 1. The zero-order chi connectivity index (χ0) is 13.9. The Balaban J connectivity index is 2.39. The van der Waals surface area contributed by atoms with Crippen molar-refractivity contribution in [2.24, 2.45) is 0 Å². The van der Waals surface area contributed by atoms with Crippen LogP contribution in [-0.2, 0) is 16.6 Å². The Bertz CT molecular complexity index is 670. The Morgan fingerprint density at radius 3 is 2.68 bits per heavy atom. The maximum absolute atomic E-state index is 12.3. The van der Waals surface area contributed by atoms with Gasteiger partial charge in [-0.1, -0.05) is 18.2 Å². The molecule has 0 fully saturated rings. The molecule has 2 aromatic rings. The highest BCUT2D eigenvalue weighted by atomic mass is 32.2. The van der Waals surface area contributed by atoms with Crippen molar-refractivity contribution in [1.82, 2.24) is 4.98 Å². The zero-order valence-corrected chi connectivity index (χ0v) is 11.2. The van der Waals surface area contributed by atoms with E-state index in [1.54, 1.807) is 37.3 Å². The Labute approximate surface area is 112 Å². The number of benzene rings is 1. The summed E-state index contributed by atoms with van der Waals surface area (Å²) in [6, 6.07) is 9.79. The zero-order valence-electron chi connectivity index (χ0n) is 10.4. The molecule has 0 atom stereocenters. The van der Waals surface area contributed by atoms with Gasteiger partial charge in [-0.2, -0.15) is 0 Å². The molecule has 6 heteroatoms. The van der Waals surface area contributed by atoms with E-state index in [1.807, 2.05) is 0 Å². The van der Waals surface area contributed by atoms with Crippen molar-refractivity contribution >= 4 is 15.8 Å². The number of nitrogens with one attached hydrogen (secondary N) is 1. The number of hydrogen-bond donors (Lipinski definition) is 2. The van der Waals surface area contributed by atoms with Gasteiger partial charge >= 0.3 is 0 Å². The quantitative estimate of drug-likeness (QED) is 0.892. The minimum atomic E-state index is -3.70. The SMILES string of the molecule is Cc1ccc(CO)cc1S(=O)(=O)Nc1ccccn1. The summed E-state index contributed by atoms with van der Waals surface area (Å²) >= 11 is 0. The molecule has 100 valence electrons. The number of sulfonamides is 1. The molecule has 19 heavy (non-hydrogen) atoms. The van der Waals surface area contributed by atoms with E-state index in [9.17, 15) is 8.42 Å². The monoisotopic (exact) mass is 278 g/mol. The van der Waals surface area contributed by atoms with Crippen LogP contribution in [0.4, 0.5) is 5.82 Å². The second-order valence-corrected chi connectivity index (χ2v) is 5.73. The van der Waals surface area contributed by atoms with Crippen LogP contribution in [0.25, 0.3) is 0 Å². The van der Waals surface area contributed by atoms with Crippen molar-refractivity contribution in [2.75, 3.05) is 4.72 Å². The van der Waals surface area contributed by atoms with Crippen molar-refractivity contribution in [2.45, 2.75) is 18.4 Å². The second-order valence-electron chi connectivity index (χ2n) is 4.08. The van der Waals surface area contributed by atoms with E-state index in [0.717, 1.165) is 0 Å². The standard InChI is InChI=1S/C13H14N2O3S/c1-10-5-6-11(9-16)8-12(10)19(17,18)15-13-4-2-3-7-14-13/h2-8,16H,9H2,1H3,(H,14,15). The van der Waals surface area contributed by atoms with Crippen LogP contribution in [0.2, 0.25) is 0 Å². The van der Waals surface area contributed by atoms with E-state index in [4.69, 9.17) is 5.11 Å². The maximum atomic E-state index is 12.3. The van der Waals surface area contributed by atoms with Gasteiger partial charge in [0.05, 0.1) is 11.5 Å². The number of aliphatic hydroxyl groups is 1. The lowest BCUT2D eigenvalue weighted by molar-refractivity contribution is 0.281. The molecule has 0 aliphatic carbocycles. The van der Waals surface area contributed by atoms with Crippen molar-refractivity contribution in [3.8, 4) is 0 Å². The molecule has 0 saturated carbocycles. The molecule has 0 aliphatic heterocycles. The molecule has 5 nitrogen and oxygen atoms in total. The lowest BCUT2D eigenvalue weighted by Crippen LogP contribution is -2.15. The van der Waals surface area contributed by atoms with Gasteiger partial charge < -0.3 is 5.11 Å². The van der Waals surface area contributed by atoms with Crippen LogP contribution in [0.15, 0.2) is 47.5 Å². The number of rotatable bonds is 4. The molecule has 2 rings (SSSR count). The van der Waals surface area contributed by atoms with Gasteiger partial charge in [0.25, 0.3) is 10.0 Å². The Morgan fingerprint density at radius 1 is 1.26 bits per heavy atom. The molecule has 0 unspecified atom stereocenters. The average molecular weight is 278 g/mol. The van der Waals surface area contributed by atoms with Crippen LogP contribution in [0.5, 0.6) is 0 Å². The van der Waals surface area contributed by atoms with Gasteiger partial charge in [0.1, 0.15) is 5.82 Å². The van der Waals surface area contributed by atoms with Gasteiger partial charge in [0, 0.05) is 6.20 Å². The highest BCUT2D eigenvalue weighted by Crippen LogP contribution is 2.19. The van der Waals surface area contributed by atoms with E-state index >= 15 is 0 Å². The number of hydrogen-bond acceptors (Lipinski definition) is 4. The first-order valence-corrected chi connectivity index (χ1v) is 7.15. The van der Waals surface area contributed by atoms with Gasteiger partial charge in [-0.25, -0.2) is 13.4 Å². The molecule has 0 bridgehead atoms. The molecule has 0 saturated heterocycles. The third-order valence-corrected chi connectivity index (χ3v) is 4.13. The summed E-state index contributed by atoms with van der Waals surface area (Å²) in [5, 5.41) is 9.08. The minimum Gasteiger partial charge on any atom is -0.392 e. The number of pyridine rings is 1. The number of aryl methyl sites for hydroxylation is 1. The van der Waals surface area contributed by atoms with Crippen LogP contribution < -0.4 is 4.72 Å². The topological polar surface area (TPSA) is 79.3 Å². The van der Waals surface area contributed by atoms with E-state index in [0.29, 0.717) is 11.1 Å². The molecule has 0 aliphatic rings. The molecular weight excluding hydrogens is 264 g/mol. The molecule has 0 radical (unpaired) electrons. The summed E-state index contributed by atoms with van der Waals surface area (Å²) < 4.78 is 26.9. The Hall–Kier alpha value is -1.92. The number of anilines is 1. The molecule has 0 amide bonds. The Morgan fingerprint density at radius 2 is 2.05 bits per heavy atom. The van der Waals surface area contributed by atoms with Gasteiger partial charge in [-0.15, -0.1) is 0 Å². The van der Waals surface area contributed by atoms with Gasteiger partial charge in [-0.05, 0) is 36.2 Å². The molecule has 0 spiro atoms. The first-order valence-electron chi connectivity index (χ1n) is 5.67. The second kappa shape index (κ2) is 5.38. The normalized spacial score (nSPS) is 11.3. The predicted octanol–water partition coefficient (Wildman–Crippen LogP) is 1.68. The van der Waals surface area contributed by atoms with E-state index < -0.39 is 10.0 Å². The van der Waals surface area contributed by atoms with Crippen molar-refractivity contribution in [3.05, 3.63) is 53.7 Å². The first kappa shape index (κ1) is 13.5. The van der Waals surface area contributed by atoms with Crippen LogP contribution in [0.1, 0.15) is 11.1 Å². The fourth-order valence-electron chi connectivity index (χ4n) is 1.65. The third-order valence-electron chi connectivity index (χ3n) is 2.63. The van der Waals surface area contributed by atoms with Gasteiger partial charge in [0.2, 0.25) is 0 Å². The van der Waals surface area contributed by atoms with E-state index in [2.05, 4.69) is 9.71 Å². The van der Waals surface area contributed by atoms with E-state index in [1.165, 1.54) is 12.3 Å². The van der Waals surface area contributed by atoms with Crippen LogP contribution >= 0.6 is 0 Å². The van der Waals surface area contributed by atoms with Crippen molar-refractivity contribution in [1.29, 1.82) is 0 Å². The summed E-state index contributed by atoms with van der Waals surface area (Å²) in [6.07, 6.45) is 1.51.